The van der Waals surface area contributed by atoms with Crippen molar-refractivity contribution in [3.05, 3.63) is 58.1 Å². The first-order valence-electron chi connectivity index (χ1n) is 9.25. The van der Waals surface area contributed by atoms with Crippen LogP contribution in [-0.2, 0) is 11.3 Å². The van der Waals surface area contributed by atoms with E-state index in [1.165, 1.54) is 0 Å². The Morgan fingerprint density at radius 3 is 2.85 bits per heavy atom. The van der Waals surface area contributed by atoms with Crippen molar-refractivity contribution in [2.75, 3.05) is 23.4 Å². The van der Waals surface area contributed by atoms with E-state index in [1.54, 1.807) is 11.9 Å². The molecule has 0 saturated carbocycles. The fourth-order valence-electron chi connectivity index (χ4n) is 3.93. The Labute approximate surface area is 167 Å². The van der Waals surface area contributed by atoms with E-state index < -0.39 is 0 Å². The third-order valence-corrected chi connectivity index (χ3v) is 5.86. The highest BCUT2D eigenvalue weighted by atomic mass is 79.9. The fraction of sp³-hybridized carbons (Fsp3) is 0.333. The average Bonchev–Trinajstić information content (AvgIpc) is 2.70. The van der Waals surface area contributed by atoms with Gasteiger partial charge in [-0.1, -0.05) is 28.1 Å². The molecule has 6 heteroatoms. The Kier molecular flexibility index (Phi) is 4.91. The summed E-state index contributed by atoms with van der Waals surface area (Å²) in [6.45, 7) is 1.35. The number of carbonyl (C=O) groups is 2. The molecule has 2 aliphatic rings. The normalized spacial score (nSPS) is 18.7. The summed E-state index contributed by atoms with van der Waals surface area (Å²) in [4.78, 5) is 29.2. The quantitative estimate of drug-likeness (QED) is 0.811. The molecular formula is C21H22BrN3O2. The molecule has 0 aromatic heterocycles. The minimum absolute atomic E-state index is 0.0625. The van der Waals surface area contributed by atoms with Crippen molar-refractivity contribution in [3.63, 3.8) is 0 Å². The van der Waals surface area contributed by atoms with Gasteiger partial charge in [0.1, 0.15) is 6.04 Å². The number of amides is 2. The summed E-state index contributed by atoms with van der Waals surface area (Å²) in [6, 6.07) is 13.4. The smallest absolute Gasteiger partial charge is 0.251 e. The van der Waals surface area contributed by atoms with Gasteiger partial charge in [0, 0.05) is 30.2 Å². The predicted octanol–water partition coefficient (Wildman–Crippen LogP) is 3.71. The Bertz CT molecular complexity index is 899. The molecule has 27 heavy (non-hydrogen) atoms. The van der Waals surface area contributed by atoms with Gasteiger partial charge in [0.2, 0.25) is 5.91 Å². The van der Waals surface area contributed by atoms with E-state index in [0.29, 0.717) is 12.1 Å². The SMILES string of the molecule is CN1C(=O)[C@H]2CCCCN2c2ccc(C(=O)NCc3cccc(Br)c3)cc21. The fourth-order valence-corrected chi connectivity index (χ4v) is 4.37. The van der Waals surface area contributed by atoms with Crippen molar-refractivity contribution >= 4 is 39.1 Å². The molecule has 1 saturated heterocycles. The number of anilines is 2. The van der Waals surface area contributed by atoms with Crippen LogP contribution in [0.2, 0.25) is 0 Å². The average molecular weight is 428 g/mol. The second-order valence-electron chi connectivity index (χ2n) is 7.12. The number of halogens is 1. The van der Waals surface area contributed by atoms with Crippen LogP contribution in [0.5, 0.6) is 0 Å². The van der Waals surface area contributed by atoms with E-state index in [4.69, 9.17) is 0 Å². The Hall–Kier alpha value is -2.34. The lowest BCUT2D eigenvalue weighted by molar-refractivity contribution is -0.120. The Balaban J connectivity index is 1.55. The van der Waals surface area contributed by atoms with Crippen LogP contribution in [0, 0.1) is 0 Å². The number of fused-ring (bicyclic) bond motifs is 3. The second-order valence-corrected chi connectivity index (χ2v) is 8.03. The second kappa shape index (κ2) is 7.35. The summed E-state index contributed by atoms with van der Waals surface area (Å²) >= 11 is 3.44. The van der Waals surface area contributed by atoms with Crippen LogP contribution in [0.3, 0.4) is 0 Å². The van der Waals surface area contributed by atoms with E-state index in [1.807, 2.05) is 42.5 Å². The van der Waals surface area contributed by atoms with Gasteiger partial charge in [-0.05, 0) is 55.2 Å². The van der Waals surface area contributed by atoms with Crippen LogP contribution in [-0.4, -0.2) is 31.4 Å². The number of hydrogen-bond donors (Lipinski definition) is 1. The molecule has 0 spiro atoms. The maximum absolute atomic E-state index is 12.7. The molecule has 4 rings (SSSR count). The minimum Gasteiger partial charge on any atom is -0.358 e. The molecule has 0 unspecified atom stereocenters. The highest BCUT2D eigenvalue weighted by Gasteiger charge is 2.37. The number of likely N-dealkylation sites (N-methyl/N-ethyl adjacent to an activating group) is 1. The highest BCUT2D eigenvalue weighted by molar-refractivity contribution is 9.10. The first-order valence-corrected chi connectivity index (χ1v) is 10.0. The first kappa shape index (κ1) is 18.0. The lowest BCUT2D eigenvalue weighted by Gasteiger charge is -2.44. The van der Waals surface area contributed by atoms with Crippen LogP contribution >= 0.6 is 15.9 Å². The Morgan fingerprint density at radius 1 is 1.19 bits per heavy atom. The minimum atomic E-state index is -0.139. The van der Waals surface area contributed by atoms with Gasteiger partial charge in [-0.15, -0.1) is 0 Å². The van der Waals surface area contributed by atoms with E-state index in [9.17, 15) is 9.59 Å². The first-order chi connectivity index (χ1) is 13.0. The molecule has 2 amide bonds. The van der Waals surface area contributed by atoms with Gasteiger partial charge in [0.15, 0.2) is 0 Å². The van der Waals surface area contributed by atoms with Gasteiger partial charge < -0.3 is 15.1 Å². The Morgan fingerprint density at radius 2 is 2.04 bits per heavy atom. The maximum atomic E-state index is 12.7. The molecule has 0 aliphatic carbocycles. The standard InChI is InChI=1S/C21H22BrN3O2/c1-24-19-12-15(20(26)23-13-14-5-4-6-16(22)11-14)8-9-17(19)25-10-3-2-7-18(25)21(24)27/h4-6,8-9,11-12,18H,2-3,7,10,13H2,1H3,(H,23,26)/t18-/m1/s1. The summed E-state index contributed by atoms with van der Waals surface area (Å²) in [6.07, 6.45) is 3.09. The summed E-state index contributed by atoms with van der Waals surface area (Å²) in [5, 5.41) is 2.95. The van der Waals surface area contributed by atoms with E-state index in [2.05, 4.69) is 26.1 Å². The van der Waals surface area contributed by atoms with Crippen molar-refractivity contribution < 1.29 is 9.59 Å². The zero-order chi connectivity index (χ0) is 19.0. The topological polar surface area (TPSA) is 52.7 Å². The van der Waals surface area contributed by atoms with Crippen LogP contribution in [0.1, 0.15) is 35.2 Å². The number of nitrogens with zero attached hydrogens (tertiary/aromatic N) is 2. The van der Waals surface area contributed by atoms with Crippen molar-refractivity contribution in [2.24, 2.45) is 0 Å². The van der Waals surface area contributed by atoms with Gasteiger partial charge in [-0.2, -0.15) is 0 Å². The molecule has 2 heterocycles. The molecule has 2 aromatic carbocycles. The van der Waals surface area contributed by atoms with Crippen molar-refractivity contribution in [1.82, 2.24) is 5.32 Å². The van der Waals surface area contributed by atoms with Crippen molar-refractivity contribution in [3.8, 4) is 0 Å². The maximum Gasteiger partial charge on any atom is 0.251 e. The van der Waals surface area contributed by atoms with Crippen LogP contribution in [0.25, 0.3) is 0 Å². The molecule has 2 aliphatic heterocycles. The molecule has 1 atom stereocenters. The number of nitrogens with one attached hydrogen (secondary N) is 1. The number of carbonyl (C=O) groups excluding carboxylic acids is 2. The largest absolute Gasteiger partial charge is 0.358 e. The van der Waals surface area contributed by atoms with Crippen LogP contribution < -0.4 is 15.1 Å². The van der Waals surface area contributed by atoms with Gasteiger partial charge in [0.05, 0.1) is 11.4 Å². The summed E-state index contributed by atoms with van der Waals surface area (Å²) < 4.78 is 0.985. The zero-order valence-electron chi connectivity index (χ0n) is 15.2. The van der Waals surface area contributed by atoms with Gasteiger partial charge in [-0.25, -0.2) is 0 Å². The number of piperidine rings is 1. The van der Waals surface area contributed by atoms with E-state index in [-0.39, 0.29) is 17.9 Å². The van der Waals surface area contributed by atoms with Crippen LogP contribution in [0.4, 0.5) is 11.4 Å². The molecule has 140 valence electrons. The molecule has 0 bridgehead atoms. The lowest BCUT2D eigenvalue weighted by Crippen LogP contribution is -2.54. The molecule has 2 aromatic rings. The predicted molar refractivity (Wildman–Crippen MR) is 110 cm³/mol. The number of hydrogen-bond acceptors (Lipinski definition) is 3. The molecular weight excluding hydrogens is 406 g/mol. The third-order valence-electron chi connectivity index (χ3n) is 5.37. The summed E-state index contributed by atoms with van der Waals surface area (Å²) in [5.74, 6) is -0.0201. The monoisotopic (exact) mass is 427 g/mol. The highest BCUT2D eigenvalue weighted by Crippen LogP contribution is 2.39. The van der Waals surface area contributed by atoms with Gasteiger partial charge in [0.25, 0.3) is 5.91 Å². The zero-order valence-corrected chi connectivity index (χ0v) is 16.8. The summed E-state index contributed by atoms with van der Waals surface area (Å²) in [7, 11) is 1.80. The lowest BCUT2D eigenvalue weighted by atomic mass is 9.96. The van der Waals surface area contributed by atoms with Crippen molar-refractivity contribution in [2.45, 2.75) is 31.8 Å². The number of benzene rings is 2. The molecule has 0 radical (unpaired) electrons. The van der Waals surface area contributed by atoms with E-state index in [0.717, 1.165) is 47.2 Å². The van der Waals surface area contributed by atoms with Crippen molar-refractivity contribution in [1.29, 1.82) is 0 Å². The third kappa shape index (κ3) is 3.46. The molecule has 5 nitrogen and oxygen atoms in total. The van der Waals surface area contributed by atoms with Gasteiger partial charge >= 0.3 is 0 Å². The summed E-state index contributed by atoms with van der Waals surface area (Å²) in [5.41, 5.74) is 3.46. The molecule has 1 N–H and O–H groups in total. The number of rotatable bonds is 3. The van der Waals surface area contributed by atoms with E-state index >= 15 is 0 Å². The van der Waals surface area contributed by atoms with Gasteiger partial charge in [-0.3, -0.25) is 9.59 Å². The molecule has 1 fully saturated rings. The van der Waals surface area contributed by atoms with Crippen LogP contribution in [0.15, 0.2) is 46.9 Å².